The smallest absolute Gasteiger partial charge is 0.191 e. The number of nitrogens with two attached hydrogens (primary N) is 1. The maximum atomic E-state index is 5.57. The van der Waals surface area contributed by atoms with Crippen LogP contribution in [0.1, 0.15) is 11.6 Å². The minimum atomic E-state index is 0.592. The van der Waals surface area contributed by atoms with Crippen LogP contribution < -0.4 is 5.73 Å². The quantitative estimate of drug-likeness (QED) is 0.787. The summed E-state index contributed by atoms with van der Waals surface area (Å²) in [5.41, 5.74) is 5.57. The lowest BCUT2D eigenvalue weighted by atomic mass is 10.6. The van der Waals surface area contributed by atoms with E-state index in [2.05, 4.69) is 15.2 Å². The molecule has 7 heteroatoms. The first-order valence-electron chi connectivity index (χ1n) is 5.41. The third kappa shape index (κ3) is 2.67. The molecule has 17 heavy (non-hydrogen) atoms. The highest BCUT2D eigenvalue weighted by Gasteiger charge is 2.10. The first kappa shape index (κ1) is 12.1. The Morgan fingerprint density at radius 2 is 2.24 bits per heavy atom. The minimum absolute atomic E-state index is 0.592. The summed E-state index contributed by atoms with van der Waals surface area (Å²) in [6.07, 6.45) is 3.73. The first-order valence-corrected chi connectivity index (χ1v) is 6.40. The van der Waals surface area contributed by atoms with Crippen LogP contribution in [-0.4, -0.2) is 30.9 Å². The van der Waals surface area contributed by atoms with Gasteiger partial charge in [0.05, 0.1) is 5.75 Å². The van der Waals surface area contributed by atoms with Gasteiger partial charge in [0, 0.05) is 32.5 Å². The molecule has 2 aromatic rings. The summed E-state index contributed by atoms with van der Waals surface area (Å²) in [6.45, 7) is 3.28. The van der Waals surface area contributed by atoms with Crippen molar-refractivity contribution in [3.63, 3.8) is 0 Å². The zero-order chi connectivity index (χ0) is 12.3. The van der Waals surface area contributed by atoms with Gasteiger partial charge in [-0.15, -0.1) is 10.2 Å². The van der Waals surface area contributed by atoms with Crippen molar-refractivity contribution in [3.8, 4) is 0 Å². The molecule has 0 saturated heterocycles. The van der Waals surface area contributed by atoms with E-state index in [0.717, 1.165) is 29.1 Å². The van der Waals surface area contributed by atoms with Gasteiger partial charge in [0.15, 0.2) is 5.16 Å². The molecule has 92 valence electrons. The van der Waals surface area contributed by atoms with E-state index in [1.54, 1.807) is 18.0 Å². The lowest BCUT2D eigenvalue weighted by Gasteiger charge is -2.06. The molecule has 0 bridgehead atoms. The molecule has 0 spiro atoms. The van der Waals surface area contributed by atoms with Crippen molar-refractivity contribution in [1.29, 1.82) is 0 Å². The van der Waals surface area contributed by atoms with Gasteiger partial charge in [-0.05, 0) is 6.92 Å². The predicted molar refractivity (Wildman–Crippen MR) is 66.6 cm³/mol. The SMILES string of the molecule is Cc1nnc(SCc2nccn2C)n1CCN. The second-order valence-electron chi connectivity index (χ2n) is 3.71. The number of nitrogens with zero attached hydrogens (tertiary/aromatic N) is 5. The van der Waals surface area contributed by atoms with Crippen molar-refractivity contribution in [1.82, 2.24) is 24.3 Å². The summed E-state index contributed by atoms with van der Waals surface area (Å²) in [7, 11) is 1.98. The number of rotatable bonds is 5. The summed E-state index contributed by atoms with van der Waals surface area (Å²) in [6, 6.07) is 0. The van der Waals surface area contributed by atoms with Crippen LogP contribution in [0, 0.1) is 6.92 Å². The molecule has 2 rings (SSSR count). The molecule has 2 heterocycles. The van der Waals surface area contributed by atoms with Gasteiger partial charge in [-0.25, -0.2) is 4.98 Å². The van der Waals surface area contributed by atoms with Gasteiger partial charge in [-0.2, -0.15) is 0 Å². The summed E-state index contributed by atoms with van der Waals surface area (Å²) >= 11 is 1.63. The second-order valence-corrected chi connectivity index (χ2v) is 4.66. The molecular formula is C10H16N6S. The molecule has 6 nitrogen and oxygen atoms in total. The van der Waals surface area contributed by atoms with E-state index in [9.17, 15) is 0 Å². The van der Waals surface area contributed by atoms with Crippen molar-refractivity contribution in [2.75, 3.05) is 6.54 Å². The van der Waals surface area contributed by atoms with Crippen molar-refractivity contribution in [2.24, 2.45) is 12.8 Å². The lowest BCUT2D eigenvalue weighted by Crippen LogP contribution is -2.12. The van der Waals surface area contributed by atoms with E-state index >= 15 is 0 Å². The van der Waals surface area contributed by atoms with Crippen molar-refractivity contribution in [3.05, 3.63) is 24.0 Å². The second kappa shape index (κ2) is 5.33. The molecule has 0 atom stereocenters. The first-order chi connectivity index (χ1) is 8.22. The van der Waals surface area contributed by atoms with Crippen LogP contribution in [0.3, 0.4) is 0 Å². The zero-order valence-electron chi connectivity index (χ0n) is 10.00. The average molecular weight is 252 g/mol. The highest BCUT2D eigenvalue weighted by Crippen LogP contribution is 2.20. The number of thioether (sulfide) groups is 1. The fraction of sp³-hybridized carbons (Fsp3) is 0.500. The minimum Gasteiger partial charge on any atom is -0.337 e. The van der Waals surface area contributed by atoms with E-state index in [4.69, 9.17) is 5.73 Å². The normalized spacial score (nSPS) is 11.0. The number of aryl methyl sites for hydroxylation is 2. The maximum absolute atomic E-state index is 5.57. The van der Waals surface area contributed by atoms with Gasteiger partial charge in [-0.1, -0.05) is 11.8 Å². The van der Waals surface area contributed by atoms with E-state index in [-0.39, 0.29) is 0 Å². The predicted octanol–water partition coefficient (Wildman–Crippen LogP) is 0.571. The molecule has 0 unspecified atom stereocenters. The Bertz CT molecular complexity index is 489. The van der Waals surface area contributed by atoms with E-state index in [1.807, 2.05) is 29.3 Å². The highest BCUT2D eigenvalue weighted by molar-refractivity contribution is 7.98. The summed E-state index contributed by atoms with van der Waals surface area (Å²) in [5, 5.41) is 9.11. The van der Waals surface area contributed by atoms with Crippen LogP contribution in [0.25, 0.3) is 0 Å². The third-order valence-corrected chi connectivity index (χ3v) is 3.47. The summed E-state index contributed by atoms with van der Waals surface area (Å²) in [5.74, 6) is 2.71. The number of aromatic nitrogens is 5. The van der Waals surface area contributed by atoms with Crippen LogP contribution >= 0.6 is 11.8 Å². The summed E-state index contributed by atoms with van der Waals surface area (Å²) in [4.78, 5) is 4.27. The molecule has 0 aliphatic rings. The van der Waals surface area contributed by atoms with Gasteiger partial charge < -0.3 is 14.9 Å². The maximum Gasteiger partial charge on any atom is 0.191 e. The van der Waals surface area contributed by atoms with Gasteiger partial charge in [0.1, 0.15) is 11.6 Å². The molecule has 0 radical (unpaired) electrons. The Balaban J connectivity index is 2.06. The molecule has 0 aromatic carbocycles. The van der Waals surface area contributed by atoms with Crippen LogP contribution in [0.2, 0.25) is 0 Å². The Morgan fingerprint density at radius 1 is 1.41 bits per heavy atom. The standard InChI is InChI=1S/C10H16N6S/c1-8-13-14-10(16(8)5-3-11)17-7-9-12-4-6-15(9)2/h4,6H,3,5,7,11H2,1-2H3. The molecule has 0 amide bonds. The van der Waals surface area contributed by atoms with Gasteiger partial charge in [0.2, 0.25) is 0 Å². The van der Waals surface area contributed by atoms with E-state index in [1.165, 1.54) is 0 Å². The number of hydrogen-bond acceptors (Lipinski definition) is 5. The molecule has 0 aliphatic heterocycles. The van der Waals surface area contributed by atoms with E-state index < -0.39 is 0 Å². The number of imidazole rings is 1. The van der Waals surface area contributed by atoms with Crippen LogP contribution in [0.15, 0.2) is 17.6 Å². The molecule has 0 fully saturated rings. The Labute approximate surface area is 104 Å². The zero-order valence-corrected chi connectivity index (χ0v) is 10.8. The van der Waals surface area contributed by atoms with Crippen LogP contribution in [-0.2, 0) is 19.3 Å². The van der Waals surface area contributed by atoms with Crippen LogP contribution in [0.5, 0.6) is 0 Å². The molecule has 2 N–H and O–H groups in total. The molecule has 0 saturated carbocycles. The van der Waals surface area contributed by atoms with E-state index in [0.29, 0.717) is 6.54 Å². The molecule has 0 aliphatic carbocycles. The number of hydrogen-bond donors (Lipinski definition) is 1. The largest absolute Gasteiger partial charge is 0.337 e. The van der Waals surface area contributed by atoms with Gasteiger partial charge in [0.25, 0.3) is 0 Å². The lowest BCUT2D eigenvalue weighted by molar-refractivity contribution is 0.627. The Kier molecular flexibility index (Phi) is 3.80. The monoisotopic (exact) mass is 252 g/mol. The highest BCUT2D eigenvalue weighted by atomic mass is 32.2. The van der Waals surface area contributed by atoms with Crippen molar-refractivity contribution >= 4 is 11.8 Å². The molecule has 2 aromatic heterocycles. The Hall–Kier alpha value is -1.34. The summed E-state index contributed by atoms with van der Waals surface area (Å²) < 4.78 is 4.04. The average Bonchev–Trinajstić information content (AvgIpc) is 2.86. The van der Waals surface area contributed by atoms with Crippen molar-refractivity contribution < 1.29 is 0 Å². The van der Waals surface area contributed by atoms with Crippen molar-refractivity contribution in [2.45, 2.75) is 24.4 Å². The fourth-order valence-corrected chi connectivity index (χ4v) is 2.53. The third-order valence-electron chi connectivity index (χ3n) is 2.51. The van der Waals surface area contributed by atoms with Gasteiger partial charge >= 0.3 is 0 Å². The molecular weight excluding hydrogens is 236 g/mol. The van der Waals surface area contributed by atoms with Crippen LogP contribution in [0.4, 0.5) is 0 Å². The Morgan fingerprint density at radius 3 is 2.88 bits per heavy atom. The fourth-order valence-electron chi connectivity index (χ4n) is 1.52. The van der Waals surface area contributed by atoms with Gasteiger partial charge in [-0.3, -0.25) is 0 Å². The topological polar surface area (TPSA) is 74.5 Å².